The summed E-state index contributed by atoms with van der Waals surface area (Å²) in [5.74, 6) is 0.909. The number of aromatic nitrogens is 2. The van der Waals surface area contributed by atoms with Gasteiger partial charge in [0.2, 0.25) is 5.91 Å². The lowest BCUT2D eigenvalue weighted by Gasteiger charge is -2.43. The number of carboxylic acid groups (broad SMARTS) is 2. The summed E-state index contributed by atoms with van der Waals surface area (Å²) < 4.78 is 1.73. The molecule has 0 atom stereocenters. The number of thiophene rings is 1. The Bertz CT molecular complexity index is 896. The number of nitrogens with one attached hydrogen (secondary N) is 1. The van der Waals surface area contributed by atoms with E-state index in [-0.39, 0.29) is 24.8 Å². The van der Waals surface area contributed by atoms with Crippen LogP contribution >= 0.6 is 11.3 Å². The molecule has 2 aromatic heterocycles. The third-order valence-electron chi connectivity index (χ3n) is 5.56. The molecule has 3 N–H and O–H groups in total. The van der Waals surface area contributed by atoms with Gasteiger partial charge in [0.25, 0.3) is 18.9 Å². The van der Waals surface area contributed by atoms with Crippen LogP contribution in [-0.2, 0) is 21.4 Å². The number of aryl methyl sites for hydroxylation is 1. The van der Waals surface area contributed by atoms with E-state index in [1.807, 2.05) is 45.9 Å². The average Bonchev–Trinajstić information content (AvgIpc) is 3.58. The summed E-state index contributed by atoms with van der Waals surface area (Å²) in [7, 11) is 1.86. The lowest BCUT2D eigenvalue weighted by atomic mass is 9.85. The van der Waals surface area contributed by atoms with Gasteiger partial charge in [-0.2, -0.15) is 16.4 Å². The Balaban J connectivity index is 0.000000582. The second-order valence-electron chi connectivity index (χ2n) is 7.60. The minimum atomic E-state index is -0.690. The maximum absolute atomic E-state index is 13.4. The first-order valence-corrected chi connectivity index (χ1v) is 11.4. The SMILES string of the molecule is Cn1ccc(NC2(C(=O)N3CCCC3)CCN(C(=O)c3ccsc3)CC2)n1.O=CO.O=CO. The first kappa shape index (κ1) is 25.8. The Labute approximate surface area is 195 Å². The molecule has 2 saturated heterocycles. The maximum Gasteiger partial charge on any atom is 0.290 e. The van der Waals surface area contributed by atoms with Crippen molar-refractivity contribution in [3.05, 3.63) is 34.7 Å². The Morgan fingerprint density at radius 3 is 2.15 bits per heavy atom. The molecule has 2 fully saturated rings. The van der Waals surface area contributed by atoms with E-state index in [1.165, 1.54) is 11.3 Å². The fourth-order valence-corrected chi connectivity index (χ4v) is 4.63. The number of likely N-dealkylation sites (tertiary alicyclic amines) is 2. The molecule has 11 nitrogen and oxygen atoms in total. The molecule has 33 heavy (non-hydrogen) atoms. The van der Waals surface area contributed by atoms with Crippen LogP contribution in [-0.4, -0.2) is 86.3 Å². The van der Waals surface area contributed by atoms with Crippen molar-refractivity contribution in [3.8, 4) is 0 Å². The van der Waals surface area contributed by atoms with Gasteiger partial charge < -0.3 is 25.3 Å². The highest BCUT2D eigenvalue weighted by molar-refractivity contribution is 7.08. The molecule has 4 heterocycles. The minimum Gasteiger partial charge on any atom is -0.483 e. The number of hydrogen-bond donors (Lipinski definition) is 3. The van der Waals surface area contributed by atoms with Crippen molar-refractivity contribution >= 4 is 41.9 Å². The van der Waals surface area contributed by atoms with Gasteiger partial charge in [-0.25, -0.2) is 0 Å². The largest absolute Gasteiger partial charge is 0.483 e. The van der Waals surface area contributed by atoms with Crippen LogP contribution in [0, 0.1) is 0 Å². The molecule has 0 unspecified atom stereocenters. The summed E-state index contributed by atoms with van der Waals surface area (Å²) in [4.78, 5) is 46.6. The fraction of sp³-hybridized carbons (Fsp3) is 0.476. The number of carbonyl (C=O) groups is 4. The highest BCUT2D eigenvalue weighted by Crippen LogP contribution is 2.31. The van der Waals surface area contributed by atoms with Gasteiger partial charge in [0.1, 0.15) is 11.4 Å². The van der Waals surface area contributed by atoms with Gasteiger partial charge in [0, 0.05) is 50.9 Å². The lowest BCUT2D eigenvalue weighted by Crippen LogP contribution is -2.59. The topological polar surface area (TPSA) is 145 Å². The molecule has 0 bridgehead atoms. The number of piperidine rings is 1. The third kappa shape index (κ3) is 6.78. The summed E-state index contributed by atoms with van der Waals surface area (Å²) in [6.07, 6.45) is 5.18. The van der Waals surface area contributed by atoms with E-state index >= 15 is 0 Å². The molecule has 12 heteroatoms. The second kappa shape index (κ2) is 12.6. The molecule has 0 aromatic carbocycles. The van der Waals surface area contributed by atoms with Crippen LogP contribution in [0.25, 0.3) is 0 Å². The van der Waals surface area contributed by atoms with E-state index in [0.29, 0.717) is 31.7 Å². The zero-order valence-corrected chi connectivity index (χ0v) is 19.2. The molecule has 180 valence electrons. The van der Waals surface area contributed by atoms with Crippen molar-refractivity contribution < 1.29 is 29.4 Å². The third-order valence-corrected chi connectivity index (χ3v) is 6.24. The molecular weight excluding hydrogens is 450 g/mol. The number of anilines is 1. The Morgan fingerprint density at radius 1 is 1.06 bits per heavy atom. The van der Waals surface area contributed by atoms with Crippen molar-refractivity contribution in [2.45, 2.75) is 31.2 Å². The predicted molar refractivity (Wildman–Crippen MR) is 122 cm³/mol. The highest BCUT2D eigenvalue weighted by atomic mass is 32.1. The second-order valence-corrected chi connectivity index (χ2v) is 8.38. The van der Waals surface area contributed by atoms with Crippen LogP contribution in [0.3, 0.4) is 0 Å². The van der Waals surface area contributed by atoms with Gasteiger partial charge in [-0.3, -0.25) is 23.9 Å². The highest BCUT2D eigenvalue weighted by Gasteiger charge is 2.45. The molecule has 0 spiro atoms. The van der Waals surface area contributed by atoms with Gasteiger partial charge >= 0.3 is 0 Å². The zero-order valence-electron chi connectivity index (χ0n) is 18.4. The van der Waals surface area contributed by atoms with Gasteiger partial charge in [0.15, 0.2) is 0 Å². The number of nitrogens with zero attached hydrogens (tertiary/aromatic N) is 4. The first-order chi connectivity index (χ1) is 15.9. The van der Waals surface area contributed by atoms with E-state index in [1.54, 1.807) is 4.68 Å². The Hall–Kier alpha value is -3.41. The number of amides is 2. The van der Waals surface area contributed by atoms with Gasteiger partial charge in [-0.15, -0.1) is 0 Å². The zero-order chi connectivity index (χ0) is 24.3. The molecular formula is C21H29N5O6S. The molecule has 4 rings (SSSR count). The van der Waals surface area contributed by atoms with Crippen LogP contribution in [0.5, 0.6) is 0 Å². The van der Waals surface area contributed by atoms with Gasteiger partial charge in [0.05, 0.1) is 5.56 Å². The van der Waals surface area contributed by atoms with Gasteiger partial charge in [-0.05, 0) is 37.1 Å². The van der Waals surface area contributed by atoms with Crippen LogP contribution in [0.1, 0.15) is 36.0 Å². The van der Waals surface area contributed by atoms with Crippen molar-refractivity contribution in [2.75, 3.05) is 31.5 Å². The quantitative estimate of drug-likeness (QED) is 0.561. The van der Waals surface area contributed by atoms with E-state index in [0.717, 1.165) is 31.5 Å². The summed E-state index contributed by atoms with van der Waals surface area (Å²) >= 11 is 1.53. The molecule has 2 aromatic rings. The monoisotopic (exact) mass is 479 g/mol. The summed E-state index contributed by atoms with van der Waals surface area (Å²) in [5, 5.41) is 25.4. The smallest absolute Gasteiger partial charge is 0.290 e. The van der Waals surface area contributed by atoms with Crippen molar-refractivity contribution in [1.82, 2.24) is 19.6 Å². The van der Waals surface area contributed by atoms with E-state index in [4.69, 9.17) is 19.8 Å². The first-order valence-electron chi connectivity index (χ1n) is 10.4. The van der Waals surface area contributed by atoms with E-state index < -0.39 is 5.54 Å². The number of rotatable bonds is 4. The van der Waals surface area contributed by atoms with Crippen LogP contribution in [0.4, 0.5) is 5.82 Å². The lowest BCUT2D eigenvalue weighted by molar-refractivity contribution is -0.136. The summed E-state index contributed by atoms with van der Waals surface area (Å²) in [6.45, 7) is 2.27. The van der Waals surface area contributed by atoms with Crippen LogP contribution in [0.15, 0.2) is 29.1 Å². The predicted octanol–water partition coefficient (Wildman–Crippen LogP) is 1.59. The fourth-order valence-electron chi connectivity index (χ4n) is 4.00. The number of hydrogen-bond acceptors (Lipinski definition) is 7. The molecule has 2 aliphatic rings. The standard InChI is InChI=1S/C19H25N5O2S.2CH2O2/c1-22-10-4-16(21-22)20-19(18(26)24-8-2-3-9-24)6-11-23(12-7-19)17(25)15-5-13-27-14-15;2*2-1-3/h4-5,10,13-14H,2-3,6-9,11-12H2,1H3,(H,20,21);2*1H,(H,2,3). The molecule has 0 radical (unpaired) electrons. The Morgan fingerprint density at radius 2 is 1.67 bits per heavy atom. The molecule has 2 aliphatic heterocycles. The molecule has 0 aliphatic carbocycles. The van der Waals surface area contributed by atoms with Gasteiger partial charge in [-0.1, -0.05) is 0 Å². The molecule has 0 saturated carbocycles. The van der Waals surface area contributed by atoms with Crippen LogP contribution in [0.2, 0.25) is 0 Å². The van der Waals surface area contributed by atoms with E-state index in [9.17, 15) is 9.59 Å². The molecule has 2 amide bonds. The van der Waals surface area contributed by atoms with Crippen LogP contribution < -0.4 is 5.32 Å². The Kier molecular flexibility index (Phi) is 9.85. The maximum atomic E-state index is 13.4. The van der Waals surface area contributed by atoms with Crippen molar-refractivity contribution in [1.29, 1.82) is 0 Å². The number of carbonyl (C=O) groups excluding carboxylic acids is 2. The minimum absolute atomic E-state index is 0.0521. The van der Waals surface area contributed by atoms with E-state index in [2.05, 4.69) is 10.4 Å². The summed E-state index contributed by atoms with van der Waals surface area (Å²) in [6, 6.07) is 3.75. The normalized spacial score (nSPS) is 16.5. The average molecular weight is 480 g/mol. The summed E-state index contributed by atoms with van der Waals surface area (Å²) in [5.41, 5.74) is 0.0421. The van der Waals surface area contributed by atoms with Crippen molar-refractivity contribution in [3.63, 3.8) is 0 Å². The van der Waals surface area contributed by atoms with Crippen molar-refractivity contribution in [2.24, 2.45) is 7.05 Å².